The number of rotatable bonds is 6. The minimum atomic E-state index is -3.68. The van der Waals surface area contributed by atoms with Crippen LogP contribution in [0.15, 0.2) is 21.5 Å². The normalized spacial score (nSPS) is 14.5. The van der Waals surface area contributed by atoms with Crippen LogP contribution < -0.4 is 4.90 Å². The number of hydrogen-bond donors (Lipinski definition) is 0. The van der Waals surface area contributed by atoms with Crippen LogP contribution in [0.3, 0.4) is 0 Å². The molecule has 1 aromatic rings. The number of anilines is 1. The van der Waals surface area contributed by atoms with Crippen LogP contribution in [0.1, 0.15) is 19.4 Å². The van der Waals surface area contributed by atoms with Crippen molar-refractivity contribution in [3.05, 3.63) is 22.2 Å². The Morgan fingerprint density at radius 3 is 2.50 bits per heavy atom. The van der Waals surface area contributed by atoms with E-state index in [1.165, 1.54) is 11.2 Å². The highest BCUT2D eigenvalue weighted by Gasteiger charge is 2.34. The summed E-state index contributed by atoms with van der Waals surface area (Å²) in [5.41, 5.74) is 1.43. The molecule has 0 saturated heterocycles. The molecule has 24 heavy (non-hydrogen) atoms. The van der Waals surface area contributed by atoms with Crippen molar-refractivity contribution in [3.8, 4) is 0 Å². The van der Waals surface area contributed by atoms with E-state index < -0.39 is 10.0 Å². The molecule has 0 saturated carbocycles. The number of benzene rings is 1. The summed E-state index contributed by atoms with van der Waals surface area (Å²) in [4.78, 5) is 15.6. The molecular weight excluding hydrogens is 394 g/mol. The van der Waals surface area contributed by atoms with E-state index in [1.54, 1.807) is 11.0 Å². The van der Waals surface area contributed by atoms with Gasteiger partial charge in [-0.2, -0.15) is 4.31 Å². The SMILES string of the molecule is CCN(CCN(C)C)S(=O)(=O)c1cc(Br)cc2c1N(C(C)=O)CC2. The Balaban J connectivity index is 2.52. The lowest BCUT2D eigenvalue weighted by Gasteiger charge is -2.25. The Hall–Kier alpha value is -0.960. The van der Waals surface area contributed by atoms with Crippen LogP contribution in [0, 0.1) is 0 Å². The maximum atomic E-state index is 13.2. The number of hydrogen-bond acceptors (Lipinski definition) is 4. The molecule has 0 atom stereocenters. The zero-order valence-electron chi connectivity index (χ0n) is 14.5. The summed E-state index contributed by atoms with van der Waals surface area (Å²) in [6.45, 7) is 5.25. The summed E-state index contributed by atoms with van der Waals surface area (Å²) in [6, 6.07) is 3.50. The molecule has 1 aromatic carbocycles. The molecule has 0 unspecified atom stereocenters. The van der Waals surface area contributed by atoms with Crippen molar-refractivity contribution in [1.29, 1.82) is 0 Å². The highest BCUT2D eigenvalue weighted by Crippen LogP contribution is 2.38. The fraction of sp³-hybridized carbons (Fsp3) is 0.562. The first kappa shape index (κ1) is 19.4. The van der Waals surface area contributed by atoms with Crippen LogP contribution in [-0.2, 0) is 21.2 Å². The molecule has 134 valence electrons. The summed E-state index contributed by atoms with van der Waals surface area (Å²) in [5, 5.41) is 0. The maximum absolute atomic E-state index is 13.2. The molecule has 1 aliphatic rings. The van der Waals surface area contributed by atoms with E-state index in [0.717, 1.165) is 5.56 Å². The molecule has 1 heterocycles. The number of halogens is 1. The fourth-order valence-corrected chi connectivity index (χ4v) is 5.24. The first-order valence-corrected chi connectivity index (χ1v) is 10.2. The molecule has 0 N–H and O–H groups in total. The quantitative estimate of drug-likeness (QED) is 0.709. The molecule has 8 heteroatoms. The van der Waals surface area contributed by atoms with E-state index in [2.05, 4.69) is 15.9 Å². The first-order chi connectivity index (χ1) is 11.2. The van der Waals surface area contributed by atoms with Gasteiger partial charge in [-0.05, 0) is 38.2 Å². The summed E-state index contributed by atoms with van der Waals surface area (Å²) in [5.74, 6) is -0.135. The number of nitrogens with zero attached hydrogens (tertiary/aromatic N) is 3. The van der Waals surface area contributed by atoms with Crippen molar-refractivity contribution in [2.75, 3.05) is 45.2 Å². The van der Waals surface area contributed by atoms with E-state index >= 15 is 0 Å². The zero-order chi connectivity index (χ0) is 18.1. The molecule has 1 aliphatic heterocycles. The highest BCUT2D eigenvalue weighted by molar-refractivity contribution is 9.10. The molecule has 0 aliphatic carbocycles. The van der Waals surface area contributed by atoms with Crippen LogP contribution >= 0.6 is 15.9 Å². The maximum Gasteiger partial charge on any atom is 0.245 e. The third-order valence-electron chi connectivity index (χ3n) is 4.14. The minimum absolute atomic E-state index is 0.135. The van der Waals surface area contributed by atoms with Gasteiger partial charge in [0, 0.05) is 37.6 Å². The van der Waals surface area contributed by atoms with Gasteiger partial charge in [-0.3, -0.25) is 4.79 Å². The summed E-state index contributed by atoms with van der Waals surface area (Å²) in [6.07, 6.45) is 0.667. The Kier molecular flexibility index (Phi) is 6.06. The van der Waals surface area contributed by atoms with E-state index in [0.29, 0.717) is 42.8 Å². The van der Waals surface area contributed by atoms with Gasteiger partial charge in [-0.1, -0.05) is 22.9 Å². The predicted molar refractivity (Wildman–Crippen MR) is 98.9 cm³/mol. The van der Waals surface area contributed by atoms with Crippen molar-refractivity contribution in [3.63, 3.8) is 0 Å². The lowest BCUT2D eigenvalue weighted by molar-refractivity contribution is -0.116. The Labute approximate surface area is 152 Å². The van der Waals surface area contributed by atoms with Crippen LogP contribution in [-0.4, -0.2) is 63.8 Å². The molecule has 0 fully saturated rings. The van der Waals surface area contributed by atoms with Gasteiger partial charge >= 0.3 is 0 Å². The van der Waals surface area contributed by atoms with Gasteiger partial charge in [0.2, 0.25) is 15.9 Å². The third-order valence-corrected chi connectivity index (χ3v) is 6.59. The van der Waals surface area contributed by atoms with Gasteiger partial charge in [0.25, 0.3) is 0 Å². The van der Waals surface area contributed by atoms with Gasteiger partial charge in [0.1, 0.15) is 4.90 Å². The van der Waals surface area contributed by atoms with Crippen LogP contribution in [0.4, 0.5) is 5.69 Å². The second-order valence-electron chi connectivity index (χ2n) is 6.13. The Morgan fingerprint density at radius 2 is 1.96 bits per heavy atom. The lowest BCUT2D eigenvalue weighted by Crippen LogP contribution is -2.37. The van der Waals surface area contributed by atoms with Crippen molar-refractivity contribution in [2.45, 2.75) is 25.2 Å². The number of likely N-dealkylation sites (N-methyl/N-ethyl adjacent to an activating group) is 2. The topological polar surface area (TPSA) is 60.9 Å². The van der Waals surface area contributed by atoms with E-state index in [9.17, 15) is 13.2 Å². The largest absolute Gasteiger partial charge is 0.311 e. The predicted octanol–water partition coefficient (Wildman–Crippen LogP) is 1.93. The van der Waals surface area contributed by atoms with Gasteiger partial charge in [-0.25, -0.2) is 8.42 Å². The van der Waals surface area contributed by atoms with Crippen LogP contribution in [0.2, 0.25) is 0 Å². The highest BCUT2D eigenvalue weighted by atomic mass is 79.9. The first-order valence-electron chi connectivity index (χ1n) is 7.94. The van der Waals surface area contributed by atoms with Crippen LogP contribution in [0.5, 0.6) is 0 Å². The standard InChI is InChI=1S/C16H24BrN3O3S/c1-5-19(9-8-18(3)4)24(22,23)15-11-14(17)10-13-6-7-20(12(2)21)16(13)15/h10-11H,5-9H2,1-4H3. The molecule has 6 nitrogen and oxygen atoms in total. The molecule has 2 rings (SSSR count). The second kappa shape index (κ2) is 7.51. The molecule has 1 amide bonds. The molecule has 0 spiro atoms. The van der Waals surface area contributed by atoms with Gasteiger partial charge < -0.3 is 9.80 Å². The average Bonchev–Trinajstić information content (AvgIpc) is 2.89. The number of amides is 1. The number of sulfonamides is 1. The summed E-state index contributed by atoms with van der Waals surface area (Å²) in [7, 11) is 0.145. The third kappa shape index (κ3) is 3.82. The molecular formula is C16H24BrN3O3S. The van der Waals surface area contributed by atoms with E-state index in [4.69, 9.17) is 0 Å². The number of carbonyl (C=O) groups is 1. The average molecular weight is 418 g/mol. The van der Waals surface area contributed by atoms with E-state index in [-0.39, 0.29) is 10.8 Å². The van der Waals surface area contributed by atoms with Gasteiger partial charge in [0.15, 0.2) is 0 Å². The monoisotopic (exact) mass is 417 g/mol. The van der Waals surface area contributed by atoms with Gasteiger partial charge in [-0.15, -0.1) is 0 Å². The van der Waals surface area contributed by atoms with Gasteiger partial charge in [0.05, 0.1) is 5.69 Å². The fourth-order valence-electron chi connectivity index (χ4n) is 2.88. The Bertz CT molecular complexity index is 734. The minimum Gasteiger partial charge on any atom is -0.311 e. The number of carbonyl (C=O) groups excluding carboxylic acids is 1. The van der Waals surface area contributed by atoms with Crippen molar-refractivity contribution in [1.82, 2.24) is 9.21 Å². The molecule has 0 aromatic heterocycles. The van der Waals surface area contributed by atoms with Crippen molar-refractivity contribution >= 4 is 37.5 Å². The smallest absolute Gasteiger partial charge is 0.245 e. The number of fused-ring (bicyclic) bond motifs is 1. The summed E-state index contributed by atoms with van der Waals surface area (Å²) >= 11 is 3.40. The lowest BCUT2D eigenvalue weighted by atomic mass is 10.2. The van der Waals surface area contributed by atoms with Crippen LogP contribution in [0.25, 0.3) is 0 Å². The second-order valence-corrected chi connectivity index (χ2v) is 8.95. The zero-order valence-corrected chi connectivity index (χ0v) is 16.9. The van der Waals surface area contributed by atoms with Crippen molar-refractivity contribution < 1.29 is 13.2 Å². The van der Waals surface area contributed by atoms with Crippen molar-refractivity contribution in [2.24, 2.45) is 0 Å². The molecule has 0 radical (unpaired) electrons. The Morgan fingerprint density at radius 1 is 1.29 bits per heavy atom. The molecule has 0 bridgehead atoms. The van der Waals surface area contributed by atoms with E-state index in [1.807, 2.05) is 32.0 Å². The summed E-state index contributed by atoms with van der Waals surface area (Å²) < 4.78 is 28.6.